The lowest BCUT2D eigenvalue weighted by atomic mass is 9.77. The number of para-hydroxylation sites is 1. The minimum atomic E-state index is -0.839. The van der Waals surface area contributed by atoms with E-state index < -0.39 is 11.9 Å². The SMILES string of the molecule is CC1Cc2ccccc2N1C(=O)C1CCCCC1C(=O)N1CCC(C(=O)O)C1. The van der Waals surface area contributed by atoms with Crippen molar-refractivity contribution in [1.29, 1.82) is 0 Å². The summed E-state index contributed by atoms with van der Waals surface area (Å²) < 4.78 is 0. The number of nitrogens with zero attached hydrogens (tertiary/aromatic N) is 2. The van der Waals surface area contributed by atoms with Gasteiger partial charge in [-0.05, 0) is 44.2 Å². The first kappa shape index (κ1) is 19.0. The first-order valence-corrected chi connectivity index (χ1v) is 10.4. The number of carbonyl (C=O) groups is 3. The van der Waals surface area contributed by atoms with Crippen molar-refractivity contribution in [3.05, 3.63) is 29.8 Å². The van der Waals surface area contributed by atoms with Gasteiger partial charge >= 0.3 is 5.97 Å². The van der Waals surface area contributed by atoms with Crippen LogP contribution in [0.15, 0.2) is 24.3 Å². The third-order valence-corrected chi connectivity index (χ3v) is 6.69. The molecule has 1 N–H and O–H groups in total. The van der Waals surface area contributed by atoms with Crippen molar-refractivity contribution < 1.29 is 19.5 Å². The molecule has 2 fully saturated rings. The number of amides is 2. The number of hydrogen-bond acceptors (Lipinski definition) is 3. The zero-order valence-corrected chi connectivity index (χ0v) is 16.3. The molecule has 6 nitrogen and oxygen atoms in total. The van der Waals surface area contributed by atoms with Crippen LogP contribution in [0, 0.1) is 17.8 Å². The van der Waals surface area contributed by atoms with Crippen molar-refractivity contribution in [3.63, 3.8) is 0 Å². The van der Waals surface area contributed by atoms with E-state index in [-0.39, 0.29) is 36.2 Å². The highest BCUT2D eigenvalue weighted by Crippen LogP contribution is 2.39. The monoisotopic (exact) mass is 384 g/mol. The summed E-state index contributed by atoms with van der Waals surface area (Å²) >= 11 is 0. The lowest BCUT2D eigenvalue weighted by Crippen LogP contribution is -2.48. The standard InChI is InChI=1S/C22H28N2O4/c1-14-12-15-6-2-5-9-19(15)24(14)21(26)18-8-4-3-7-17(18)20(25)23-11-10-16(13-23)22(27)28/h2,5-6,9,14,16-18H,3-4,7-8,10-13H2,1H3,(H,27,28). The van der Waals surface area contributed by atoms with Gasteiger partial charge in [0.15, 0.2) is 0 Å². The molecular formula is C22H28N2O4. The number of fused-ring (bicyclic) bond motifs is 1. The quantitative estimate of drug-likeness (QED) is 0.869. The van der Waals surface area contributed by atoms with Crippen molar-refractivity contribution in [1.82, 2.24) is 4.90 Å². The minimum absolute atomic E-state index is 0.0260. The molecule has 4 atom stereocenters. The Kier molecular flexibility index (Phi) is 5.13. The maximum Gasteiger partial charge on any atom is 0.308 e. The number of benzene rings is 1. The fourth-order valence-electron chi connectivity index (χ4n) is 5.20. The molecule has 0 radical (unpaired) electrons. The first-order chi connectivity index (χ1) is 13.5. The van der Waals surface area contributed by atoms with E-state index in [0.717, 1.165) is 31.4 Å². The van der Waals surface area contributed by atoms with Crippen LogP contribution in [0.5, 0.6) is 0 Å². The molecule has 2 amide bonds. The normalized spacial score (nSPS) is 29.6. The highest BCUT2D eigenvalue weighted by atomic mass is 16.4. The third kappa shape index (κ3) is 3.29. The molecule has 6 heteroatoms. The van der Waals surface area contributed by atoms with Crippen LogP contribution in [0.25, 0.3) is 0 Å². The Morgan fingerprint density at radius 1 is 1.00 bits per heavy atom. The van der Waals surface area contributed by atoms with E-state index in [9.17, 15) is 19.5 Å². The van der Waals surface area contributed by atoms with Gasteiger partial charge in [-0.3, -0.25) is 14.4 Å². The van der Waals surface area contributed by atoms with Crippen LogP contribution < -0.4 is 4.90 Å². The van der Waals surface area contributed by atoms with E-state index >= 15 is 0 Å². The number of carboxylic acids is 1. The molecule has 4 unspecified atom stereocenters. The molecular weight excluding hydrogens is 356 g/mol. The second-order valence-corrected chi connectivity index (χ2v) is 8.50. The first-order valence-electron chi connectivity index (χ1n) is 10.4. The van der Waals surface area contributed by atoms with E-state index in [1.807, 2.05) is 23.1 Å². The zero-order chi connectivity index (χ0) is 19.8. The van der Waals surface area contributed by atoms with E-state index in [1.165, 1.54) is 5.56 Å². The predicted molar refractivity (Wildman–Crippen MR) is 105 cm³/mol. The maximum absolute atomic E-state index is 13.5. The molecule has 150 valence electrons. The van der Waals surface area contributed by atoms with Gasteiger partial charge in [0.1, 0.15) is 0 Å². The molecule has 2 heterocycles. The summed E-state index contributed by atoms with van der Waals surface area (Å²) in [5.74, 6) is -1.92. The number of anilines is 1. The highest BCUT2D eigenvalue weighted by Gasteiger charge is 2.44. The summed E-state index contributed by atoms with van der Waals surface area (Å²) in [5.41, 5.74) is 2.16. The number of aliphatic carboxylic acids is 1. The Balaban J connectivity index is 1.53. The zero-order valence-electron chi connectivity index (χ0n) is 16.3. The molecule has 28 heavy (non-hydrogen) atoms. The molecule has 0 bridgehead atoms. The highest BCUT2D eigenvalue weighted by molar-refractivity contribution is 6.00. The molecule has 4 rings (SSSR count). The Morgan fingerprint density at radius 3 is 2.36 bits per heavy atom. The fraction of sp³-hybridized carbons (Fsp3) is 0.591. The van der Waals surface area contributed by atoms with Crippen LogP contribution in [0.4, 0.5) is 5.69 Å². The van der Waals surface area contributed by atoms with Gasteiger partial charge in [0.25, 0.3) is 0 Å². The maximum atomic E-state index is 13.5. The molecule has 2 aliphatic heterocycles. The summed E-state index contributed by atoms with van der Waals surface area (Å²) in [4.78, 5) is 41.5. The molecule has 1 aromatic rings. The number of rotatable bonds is 3. The van der Waals surface area contributed by atoms with Crippen molar-refractivity contribution in [2.45, 2.75) is 51.5 Å². The van der Waals surface area contributed by atoms with Gasteiger partial charge in [-0.2, -0.15) is 0 Å². The minimum Gasteiger partial charge on any atom is -0.481 e. The van der Waals surface area contributed by atoms with Gasteiger partial charge in [-0.1, -0.05) is 31.0 Å². The number of carbonyl (C=O) groups excluding carboxylic acids is 2. The molecule has 1 aromatic carbocycles. The molecule has 1 saturated carbocycles. The molecule has 1 saturated heterocycles. The molecule has 3 aliphatic rings. The lowest BCUT2D eigenvalue weighted by Gasteiger charge is -2.36. The lowest BCUT2D eigenvalue weighted by molar-refractivity contribution is -0.144. The van der Waals surface area contributed by atoms with Crippen LogP contribution in [0.1, 0.15) is 44.6 Å². The van der Waals surface area contributed by atoms with Crippen LogP contribution in [-0.4, -0.2) is 46.9 Å². The summed E-state index contributed by atoms with van der Waals surface area (Å²) in [6, 6.07) is 8.12. The summed E-state index contributed by atoms with van der Waals surface area (Å²) in [7, 11) is 0. The van der Waals surface area contributed by atoms with Crippen molar-refractivity contribution in [3.8, 4) is 0 Å². The second-order valence-electron chi connectivity index (χ2n) is 8.50. The van der Waals surface area contributed by atoms with E-state index in [0.29, 0.717) is 19.4 Å². The summed E-state index contributed by atoms with van der Waals surface area (Å²) in [6.07, 6.45) is 4.71. The Morgan fingerprint density at radius 2 is 1.68 bits per heavy atom. The number of likely N-dealkylation sites (tertiary alicyclic amines) is 1. The number of carboxylic acid groups (broad SMARTS) is 1. The van der Waals surface area contributed by atoms with Gasteiger partial charge in [-0.15, -0.1) is 0 Å². The molecule has 0 spiro atoms. The Labute approximate surface area is 165 Å². The van der Waals surface area contributed by atoms with E-state index in [4.69, 9.17) is 0 Å². The van der Waals surface area contributed by atoms with Gasteiger partial charge < -0.3 is 14.9 Å². The number of hydrogen-bond donors (Lipinski definition) is 1. The smallest absolute Gasteiger partial charge is 0.308 e. The van der Waals surface area contributed by atoms with E-state index in [2.05, 4.69) is 13.0 Å². The van der Waals surface area contributed by atoms with Gasteiger partial charge in [-0.25, -0.2) is 0 Å². The average molecular weight is 384 g/mol. The van der Waals surface area contributed by atoms with E-state index in [1.54, 1.807) is 4.90 Å². The van der Waals surface area contributed by atoms with Crippen molar-refractivity contribution in [2.75, 3.05) is 18.0 Å². The van der Waals surface area contributed by atoms with Gasteiger partial charge in [0.2, 0.25) is 11.8 Å². The van der Waals surface area contributed by atoms with Crippen molar-refractivity contribution in [2.24, 2.45) is 17.8 Å². The largest absolute Gasteiger partial charge is 0.481 e. The van der Waals surface area contributed by atoms with Gasteiger partial charge in [0.05, 0.1) is 11.8 Å². The third-order valence-electron chi connectivity index (χ3n) is 6.69. The van der Waals surface area contributed by atoms with Crippen LogP contribution in [0.2, 0.25) is 0 Å². The summed E-state index contributed by atoms with van der Waals surface area (Å²) in [5, 5.41) is 9.23. The van der Waals surface area contributed by atoms with Crippen LogP contribution in [0.3, 0.4) is 0 Å². The van der Waals surface area contributed by atoms with Crippen molar-refractivity contribution >= 4 is 23.5 Å². The van der Waals surface area contributed by atoms with Crippen LogP contribution >= 0.6 is 0 Å². The summed E-state index contributed by atoms with van der Waals surface area (Å²) in [6.45, 7) is 2.82. The predicted octanol–water partition coefficient (Wildman–Crippen LogP) is 2.70. The van der Waals surface area contributed by atoms with Gasteiger partial charge in [0, 0.05) is 30.7 Å². The Bertz CT molecular complexity index is 792. The van der Waals surface area contributed by atoms with Crippen LogP contribution in [-0.2, 0) is 20.8 Å². The average Bonchev–Trinajstić information content (AvgIpc) is 3.31. The Hall–Kier alpha value is -2.37. The molecule has 1 aliphatic carbocycles. The second kappa shape index (κ2) is 7.57. The topological polar surface area (TPSA) is 77.9 Å². The fourth-order valence-corrected chi connectivity index (χ4v) is 5.20. The molecule has 0 aromatic heterocycles.